The molecule has 0 radical (unpaired) electrons. The van der Waals surface area contributed by atoms with Gasteiger partial charge in [-0.05, 0) is 6.42 Å². The second kappa shape index (κ2) is 8.98. The number of nitrogens with zero attached hydrogens (tertiary/aromatic N) is 3. The van der Waals surface area contributed by atoms with Crippen LogP contribution in [0.5, 0.6) is 0 Å². The fourth-order valence-corrected chi connectivity index (χ4v) is 2.97. The predicted molar refractivity (Wildman–Crippen MR) is 65.3 cm³/mol. The lowest BCUT2D eigenvalue weighted by molar-refractivity contribution is 0.423. The van der Waals surface area contributed by atoms with Gasteiger partial charge in [0.2, 0.25) is 10.0 Å². The first-order valence-corrected chi connectivity index (χ1v) is 7.41. The van der Waals surface area contributed by atoms with E-state index in [0.29, 0.717) is 6.42 Å². The molecule has 0 amide bonds. The van der Waals surface area contributed by atoms with E-state index in [-0.39, 0.29) is 31.7 Å². The highest BCUT2D eigenvalue weighted by atomic mass is 32.2. The van der Waals surface area contributed by atoms with Crippen LogP contribution in [0, 0.1) is 22.7 Å². The van der Waals surface area contributed by atoms with Gasteiger partial charge in [0.15, 0.2) is 0 Å². The summed E-state index contributed by atoms with van der Waals surface area (Å²) in [6.07, 6.45) is 2.81. The summed E-state index contributed by atoms with van der Waals surface area (Å²) in [5, 5.41) is 17.0. The smallest absolute Gasteiger partial charge is 0.212 e. The molecule has 0 bridgehead atoms. The fourth-order valence-electron chi connectivity index (χ4n) is 1.40. The Kier molecular flexibility index (Phi) is 8.39. The highest BCUT2D eigenvalue weighted by Crippen LogP contribution is 2.07. The predicted octanol–water partition coefficient (Wildman–Crippen LogP) is 1.64. The van der Waals surface area contributed by atoms with E-state index >= 15 is 0 Å². The van der Waals surface area contributed by atoms with Gasteiger partial charge in [-0.15, -0.1) is 0 Å². The van der Waals surface area contributed by atoms with Gasteiger partial charge in [-0.3, -0.25) is 0 Å². The minimum absolute atomic E-state index is 0.109. The Balaban J connectivity index is 4.43. The summed E-state index contributed by atoms with van der Waals surface area (Å²) in [5.74, 6) is 0.109. The van der Waals surface area contributed by atoms with Crippen LogP contribution in [0.25, 0.3) is 0 Å². The van der Waals surface area contributed by atoms with Crippen LogP contribution in [0.3, 0.4) is 0 Å². The van der Waals surface area contributed by atoms with E-state index < -0.39 is 10.0 Å². The van der Waals surface area contributed by atoms with Gasteiger partial charge in [-0.2, -0.15) is 14.8 Å². The van der Waals surface area contributed by atoms with Crippen molar-refractivity contribution in [2.75, 3.05) is 18.8 Å². The molecule has 0 aromatic rings. The Labute approximate surface area is 104 Å². The number of unbranched alkanes of at least 4 members (excludes halogenated alkanes) is 2. The molecule has 0 N–H and O–H groups in total. The summed E-state index contributed by atoms with van der Waals surface area (Å²) in [4.78, 5) is 0. The molecule has 0 saturated carbocycles. The average molecular weight is 257 g/mol. The Morgan fingerprint density at radius 1 is 1.06 bits per heavy atom. The minimum atomic E-state index is -3.31. The van der Waals surface area contributed by atoms with Crippen LogP contribution in [0.15, 0.2) is 0 Å². The van der Waals surface area contributed by atoms with E-state index in [1.54, 1.807) is 0 Å². The number of rotatable bonds is 9. The molecule has 6 heteroatoms. The summed E-state index contributed by atoms with van der Waals surface area (Å²) < 4.78 is 25.1. The summed E-state index contributed by atoms with van der Waals surface area (Å²) in [6.45, 7) is 2.38. The van der Waals surface area contributed by atoms with Crippen molar-refractivity contribution >= 4 is 10.0 Å². The van der Waals surface area contributed by atoms with Gasteiger partial charge in [-0.1, -0.05) is 19.8 Å². The van der Waals surface area contributed by atoms with Gasteiger partial charge in [0.25, 0.3) is 0 Å². The molecule has 5 nitrogen and oxygen atoms in total. The molecule has 0 fully saturated rings. The van der Waals surface area contributed by atoms with Crippen molar-refractivity contribution in [2.24, 2.45) is 0 Å². The standard InChI is InChI=1S/C11H19N3O2S/c1-2-3-4-11-17(15,16)14(9-5-7-12)10-6-8-13/h2-6,9-11H2,1H3. The maximum Gasteiger partial charge on any atom is 0.214 e. The van der Waals surface area contributed by atoms with Crippen molar-refractivity contribution in [3.8, 4) is 12.1 Å². The SMILES string of the molecule is CCCCCS(=O)(=O)N(CCC#N)CCC#N. The van der Waals surface area contributed by atoms with Crippen molar-refractivity contribution in [3.05, 3.63) is 0 Å². The van der Waals surface area contributed by atoms with E-state index in [1.807, 2.05) is 19.1 Å². The van der Waals surface area contributed by atoms with Gasteiger partial charge in [0.1, 0.15) is 0 Å². The van der Waals surface area contributed by atoms with Crippen molar-refractivity contribution in [2.45, 2.75) is 39.0 Å². The topological polar surface area (TPSA) is 85.0 Å². The molecule has 0 unspecified atom stereocenters. The molecule has 0 aromatic carbocycles. The molecule has 0 aromatic heterocycles. The van der Waals surface area contributed by atoms with Gasteiger partial charge in [0.05, 0.1) is 17.9 Å². The number of hydrogen-bond acceptors (Lipinski definition) is 4. The third-order valence-electron chi connectivity index (χ3n) is 2.35. The molecule has 0 rings (SSSR count). The highest BCUT2D eigenvalue weighted by molar-refractivity contribution is 7.89. The normalized spacial score (nSPS) is 11.1. The lowest BCUT2D eigenvalue weighted by atomic mass is 10.3. The van der Waals surface area contributed by atoms with E-state index in [1.165, 1.54) is 4.31 Å². The maximum atomic E-state index is 11.9. The molecule has 0 aliphatic carbocycles. The molecule has 0 aliphatic heterocycles. The Morgan fingerprint density at radius 3 is 2.00 bits per heavy atom. The Morgan fingerprint density at radius 2 is 1.59 bits per heavy atom. The molecular formula is C11H19N3O2S. The monoisotopic (exact) mass is 257 g/mol. The lowest BCUT2D eigenvalue weighted by Gasteiger charge is -2.19. The van der Waals surface area contributed by atoms with E-state index in [9.17, 15) is 8.42 Å². The highest BCUT2D eigenvalue weighted by Gasteiger charge is 2.20. The van der Waals surface area contributed by atoms with Crippen LogP contribution in [-0.2, 0) is 10.0 Å². The lowest BCUT2D eigenvalue weighted by Crippen LogP contribution is -2.34. The Hall–Kier alpha value is -1.11. The van der Waals surface area contributed by atoms with Crippen molar-refractivity contribution in [3.63, 3.8) is 0 Å². The first-order chi connectivity index (χ1) is 8.08. The van der Waals surface area contributed by atoms with Crippen molar-refractivity contribution in [1.82, 2.24) is 4.31 Å². The summed E-state index contributed by atoms with van der Waals surface area (Å²) in [7, 11) is -3.31. The summed E-state index contributed by atoms with van der Waals surface area (Å²) >= 11 is 0. The zero-order valence-electron chi connectivity index (χ0n) is 10.2. The quantitative estimate of drug-likeness (QED) is 0.588. The van der Waals surface area contributed by atoms with Gasteiger partial charge < -0.3 is 0 Å². The van der Waals surface area contributed by atoms with Crippen LogP contribution in [-0.4, -0.2) is 31.6 Å². The third kappa shape index (κ3) is 6.93. The number of hydrogen-bond donors (Lipinski definition) is 0. The van der Waals surface area contributed by atoms with Crippen LogP contribution in [0.1, 0.15) is 39.0 Å². The van der Waals surface area contributed by atoms with Crippen LogP contribution in [0.4, 0.5) is 0 Å². The molecule has 0 heterocycles. The average Bonchev–Trinajstić information content (AvgIpc) is 2.29. The van der Waals surface area contributed by atoms with E-state index in [2.05, 4.69) is 0 Å². The molecule has 96 valence electrons. The Bertz CT molecular complexity index is 361. The van der Waals surface area contributed by atoms with Gasteiger partial charge >= 0.3 is 0 Å². The summed E-state index contributed by atoms with van der Waals surface area (Å²) in [6, 6.07) is 3.85. The molecular weight excluding hydrogens is 238 g/mol. The largest absolute Gasteiger partial charge is 0.214 e. The second-order valence-corrected chi connectivity index (χ2v) is 5.83. The van der Waals surface area contributed by atoms with Crippen LogP contribution >= 0.6 is 0 Å². The minimum Gasteiger partial charge on any atom is -0.212 e. The number of nitriles is 2. The van der Waals surface area contributed by atoms with Gasteiger partial charge in [-0.25, -0.2) is 8.42 Å². The molecule has 0 saturated heterocycles. The van der Waals surface area contributed by atoms with Crippen molar-refractivity contribution in [1.29, 1.82) is 10.5 Å². The summed E-state index contributed by atoms with van der Waals surface area (Å²) in [5.41, 5.74) is 0. The van der Waals surface area contributed by atoms with Gasteiger partial charge in [0, 0.05) is 25.9 Å². The van der Waals surface area contributed by atoms with E-state index in [0.717, 1.165) is 12.8 Å². The molecule has 17 heavy (non-hydrogen) atoms. The zero-order valence-corrected chi connectivity index (χ0v) is 11.0. The number of sulfonamides is 1. The first-order valence-electron chi connectivity index (χ1n) is 5.80. The van der Waals surface area contributed by atoms with E-state index in [4.69, 9.17) is 10.5 Å². The van der Waals surface area contributed by atoms with Crippen LogP contribution < -0.4 is 0 Å². The van der Waals surface area contributed by atoms with Crippen molar-refractivity contribution < 1.29 is 8.42 Å². The second-order valence-electron chi connectivity index (χ2n) is 3.74. The third-order valence-corrected chi connectivity index (χ3v) is 4.30. The molecule has 0 spiro atoms. The maximum absolute atomic E-state index is 11.9. The molecule has 0 atom stereocenters. The molecule has 0 aliphatic rings. The zero-order chi connectivity index (χ0) is 13.1. The van der Waals surface area contributed by atoms with Crippen LogP contribution in [0.2, 0.25) is 0 Å². The first kappa shape index (κ1) is 15.9. The fraction of sp³-hybridized carbons (Fsp3) is 0.818.